The van der Waals surface area contributed by atoms with E-state index in [9.17, 15) is 4.79 Å². The monoisotopic (exact) mass is 310 g/mol. The summed E-state index contributed by atoms with van der Waals surface area (Å²) >= 11 is 3.46. The molecule has 0 spiro atoms. The lowest BCUT2D eigenvalue weighted by Crippen LogP contribution is -2.30. The molecule has 98 valence electrons. The van der Waals surface area contributed by atoms with E-state index >= 15 is 0 Å². The second-order valence-corrected chi connectivity index (χ2v) is 6.62. The lowest BCUT2D eigenvalue weighted by Gasteiger charge is -2.12. The van der Waals surface area contributed by atoms with Gasteiger partial charge in [0.05, 0.1) is 0 Å². The average molecular weight is 311 g/mol. The molecule has 2 saturated carbocycles. The molecule has 0 bridgehead atoms. The van der Waals surface area contributed by atoms with Gasteiger partial charge in [0.1, 0.15) is 5.69 Å². The van der Waals surface area contributed by atoms with Crippen LogP contribution in [0.2, 0.25) is 0 Å². The number of hydrogen-bond acceptors (Lipinski definition) is 1. The minimum absolute atomic E-state index is 0.0695. The van der Waals surface area contributed by atoms with Gasteiger partial charge in [-0.15, -0.1) is 0 Å². The van der Waals surface area contributed by atoms with Gasteiger partial charge in [-0.3, -0.25) is 4.79 Å². The van der Waals surface area contributed by atoms with Gasteiger partial charge < -0.3 is 9.88 Å². The van der Waals surface area contributed by atoms with E-state index in [4.69, 9.17) is 0 Å². The molecular weight excluding hydrogens is 292 g/mol. The number of amides is 1. The first kappa shape index (κ1) is 12.3. The Kier molecular flexibility index (Phi) is 3.22. The third-order valence-electron chi connectivity index (χ3n) is 4.00. The average Bonchev–Trinajstić information content (AvgIpc) is 3.23. The van der Waals surface area contributed by atoms with Gasteiger partial charge in [0.2, 0.25) is 0 Å². The predicted octanol–water partition coefficient (Wildman–Crippen LogP) is 3.36. The minimum atomic E-state index is 0.0695. The van der Waals surface area contributed by atoms with Crippen molar-refractivity contribution < 1.29 is 4.79 Å². The Morgan fingerprint density at radius 3 is 2.83 bits per heavy atom. The lowest BCUT2D eigenvalue weighted by atomic mass is 10.1. The fraction of sp³-hybridized carbons (Fsp3) is 0.643. The summed E-state index contributed by atoms with van der Waals surface area (Å²) in [6.07, 6.45) is 7.08. The molecule has 4 heteroatoms. The van der Waals surface area contributed by atoms with Gasteiger partial charge >= 0.3 is 0 Å². The van der Waals surface area contributed by atoms with E-state index in [1.54, 1.807) is 0 Å². The molecule has 0 saturated heterocycles. The van der Waals surface area contributed by atoms with Gasteiger partial charge in [-0.25, -0.2) is 0 Å². The normalized spacial score (nSPS) is 20.8. The van der Waals surface area contributed by atoms with Crippen molar-refractivity contribution in [2.75, 3.05) is 6.54 Å². The number of carbonyl (C=O) groups excluding carboxylic acids is 1. The maximum atomic E-state index is 12.2. The quantitative estimate of drug-likeness (QED) is 0.889. The van der Waals surface area contributed by atoms with Gasteiger partial charge in [0.15, 0.2) is 0 Å². The van der Waals surface area contributed by atoms with Gasteiger partial charge in [-0.05, 0) is 59.5 Å². The molecule has 0 radical (unpaired) electrons. The SMILES string of the molecule is CC(CNC(=O)c1cc(Br)cn1C1CC1)C1CC1. The molecule has 18 heavy (non-hydrogen) atoms. The van der Waals surface area contributed by atoms with Crippen LogP contribution in [0.1, 0.15) is 49.1 Å². The van der Waals surface area contributed by atoms with Crippen LogP contribution in [0.3, 0.4) is 0 Å². The summed E-state index contributed by atoms with van der Waals surface area (Å²) in [6, 6.07) is 2.47. The second kappa shape index (κ2) is 4.72. The van der Waals surface area contributed by atoms with Gasteiger partial charge in [0.25, 0.3) is 5.91 Å². The summed E-state index contributed by atoms with van der Waals surface area (Å²) in [7, 11) is 0. The van der Waals surface area contributed by atoms with Crippen molar-refractivity contribution in [1.29, 1.82) is 0 Å². The van der Waals surface area contributed by atoms with E-state index in [1.807, 2.05) is 12.3 Å². The Hall–Kier alpha value is -0.770. The number of carbonyl (C=O) groups is 1. The third kappa shape index (κ3) is 2.63. The number of nitrogens with zero attached hydrogens (tertiary/aromatic N) is 1. The van der Waals surface area contributed by atoms with Crippen molar-refractivity contribution in [3.8, 4) is 0 Å². The van der Waals surface area contributed by atoms with Crippen molar-refractivity contribution >= 4 is 21.8 Å². The standard InChI is InChI=1S/C14H19BrN2O/c1-9(10-2-3-10)7-16-14(18)13-6-11(15)8-17(13)12-4-5-12/h6,8-10,12H,2-5,7H2,1H3,(H,16,18). The van der Waals surface area contributed by atoms with Crippen LogP contribution in [0, 0.1) is 11.8 Å². The molecule has 1 aromatic heterocycles. The molecule has 1 aromatic rings. The fourth-order valence-corrected chi connectivity index (χ4v) is 2.90. The Morgan fingerprint density at radius 1 is 1.50 bits per heavy atom. The van der Waals surface area contributed by atoms with Crippen LogP contribution in [0.15, 0.2) is 16.7 Å². The molecule has 2 aliphatic rings. The van der Waals surface area contributed by atoms with E-state index in [0.29, 0.717) is 12.0 Å². The minimum Gasteiger partial charge on any atom is -0.350 e. The largest absolute Gasteiger partial charge is 0.350 e. The number of rotatable bonds is 5. The van der Waals surface area contributed by atoms with Crippen LogP contribution in [-0.4, -0.2) is 17.0 Å². The lowest BCUT2D eigenvalue weighted by molar-refractivity contribution is 0.0937. The van der Waals surface area contributed by atoms with E-state index in [1.165, 1.54) is 25.7 Å². The maximum Gasteiger partial charge on any atom is 0.267 e. The molecule has 1 amide bonds. The summed E-state index contributed by atoms with van der Waals surface area (Å²) in [6.45, 7) is 3.03. The Bertz CT molecular complexity index is 460. The molecule has 2 fully saturated rings. The summed E-state index contributed by atoms with van der Waals surface area (Å²) in [5, 5.41) is 3.08. The smallest absolute Gasteiger partial charge is 0.267 e. The van der Waals surface area contributed by atoms with Crippen LogP contribution in [0.25, 0.3) is 0 Å². The summed E-state index contributed by atoms with van der Waals surface area (Å²) < 4.78 is 3.11. The number of hydrogen-bond donors (Lipinski definition) is 1. The van der Waals surface area contributed by atoms with Crippen molar-refractivity contribution in [1.82, 2.24) is 9.88 Å². The van der Waals surface area contributed by atoms with Crippen LogP contribution in [0.4, 0.5) is 0 Å². The molecule has 1 N–H and O–H groups in total. The first-order valence-corrected chi connectivity index (χ1v) is 7.60. The summed E-state index contributed by atoms with van der Waals surface area (Å²) in [4.78, 5) is 12.2. The Labute approximate surface area is 116 Å². The zero-order valence-corrected chi connectivity index (χ0v) is 12.2. The van der Waals surface area contributed by atoms with E-state index in [2.05, 4.69) is 32.7 Å². The second-order valence-electron chi connectivity index (χ2n) is 5.71. The molecule has 1 unspecified atom stereocenters. The van der Waals surface area contributed by atoms with Gasteiger partial charge in [0, 0.05) is 23.3 Å². The third-order valence-corrected chi connectivity index (χ3v) is 4.43. The van der Waals surface area contributed by atoms with Crippen LogP contribution in [0.5, 0.6) is 0 Å². The van der Waals surface area contributed by atoms with Crippen LogP contribution >= 0.6 is 15.9 Å². The van der Waals surface area contributed by atoms with Crippen LogP contribution < -0.4 is 5.32 Å². The molecular formula is C14H19BrN2O. The van der Waals surface area contributed by atoms with Gasteiger partial charge in [-0.2, -0.15) is 0 Å². The fourth-order valence-electron chi connectivity index (χ4n) is 2.46. The number of halogens is 1. The van der Waals surface area contributed by atoms with E-state index in [0.717, 1.165) is 22.6 Å². The molecule has 3 rings (SSSR count). The molecule has 0 aromatic carbocycles. The van der Waals surface area contributed by atoms with E-state index < -0.39 is 0 Å². The molecule has 2 aliphatic carbocycles. The Morgan fingerprint density at radius 2 is 2.22 bits per heavy atom. The van der Waals surface area contributed by atoms with E-state index in [-0.39, 0.29) is 5.91 Å². The molecule has 0 aliphatic heterocycles. The highest BCUT2D eigenvalue weighted by atomic mass is 79.9. The number of nitrogens with one attached hydrogen (secondary N) is 1. The first-order valence-electron chi connectivity index (χ1n) is 6.80. The van der Waals surface area contributed by atoms with Crippen molar-refractivity contribution in [3.05, 3.63) is 22.4 Å². The highest BCUT2D eigenvalue weighted by Gasteiger charge is 2.30. The van der Waals surface area contributed by atoms with Crippen molar-refractivity contribution in [2.24, 2.45) is 11.8 Å². The summed E-state index contributed by atoms with van der Waals surface area (Å²) in [5.41, 5.74) is 0.798. The van der Waals surface area contributed by atoms with Crippen molar-refractivity contribution in [3.63, 3.8) is 0 Å². The topological polar surface area (TPSA) is 34.0 Å². The van der Waals surface area contributed by atoms with Gasteiger partial charge in [-0.1, -0.05) is 6.92 Å². The maximum absolute atomic E-state index is 12.2. The molecule has 1 heterocycles. The highest BCUT2D eigenvalue weighted by Crippen LogP contribution is 2.38. The zero-order chi connectivity index (χ0) is 12.7. The van der Waals surface area contributed by atoms with Crippen molar-refractivity contribution in [2.45, 2.75) is 38.6 Å². The zero-order valence-electron chi connectivity index (χ0n) is 10.7. The summed E-state index contributed by atoms with van der Waals surface area (Å²) in [5.74, 6) is 1.52. The van der Waals surface area contributed by atoms with Crippen LogP contribution in [-0.2, 0) is 0 Å². The number of aromatic nitrogens is 1. The Balaban J connectivity index is 1.63. The highest BCUT2D eigenvalue weighted by molar-refractivity contribution is 9.10. The molecule has 1 atom stereocenters. The molecule has 3 nitrogen and oxygen atoms in total. The predicted molar refractivity (Wildman–Crippen MR) is 74.6 cm³/mol. The first-order chi connectivity index (χ1) is 8.65.